The molecule has 3 rings (SSSR count). The number of amides is 2. The fraction of sp³-hybridized carbons (Fsp3) is 0.350. The molecule has 1 aliphatic heterocycles. The van der Waals surface area contributed by atoms with Gasteiger partial charge in [0.25, 0.3) is 0 Å². The van der Waals surface area contributed by atoms with Crippen LogP contribution in [0.4, 0.5) is 10.5 Å². The van der Waals surface area contributed by atoms with Crippen LogP contribution < -0.4 is 20.1 Å². The van der Waals surface area contributed by atoms with Crippen LogP contribution in [-0.4, -0.2) is 44.2 Å². The third kappa shape index (κ3) is 4.89. The van der Waals surface area contributed by atoms with Crippen LogP contribution in [0.15, 0.2) is 48.5 Å². The number of nitrogens with one attached hydrogen (secondary N) is 2. The third-order valence-corrected chi connectivity index (χ3v) is 4.46. The highest BCUT2D eigenvalue weighted by molar-refractivity contribution is 5.89. The Morgan fingerprint density at radius 2 is 1.69 bits per heavy atom. The lowest BCUT2D eigenvalue weighted by Crippen LogP contribution is -2.44. The van der Waals surface area contributed by atoms with Crippen molar-refractivity contribution in [2.75, 3.05) is 32.6 Å². The number of likely N-dealkylation sites (tertiary alicyclic amines) is 1. The molecule has 2 aromatic rings. The standard InChI is InChI=1S/C20H25N3O3/c1-23-13-11-16(12-14-23)22-20(24)21-15-7-9-17(10-8-15)26-19-6-4-3-5-18(19)25-2/h3-10,16H,11-14H2,1-2H3,(H2,21,22,24). The van der Waals surface area contributed by atoms with E-state index in [0.717, 1.165) is 31.6 Å². The summed E-state index contributed by atoms with van der Waals surface area (Å²) in [5.74, 6) is 2.00. The number of nitrogens with zero attached hydrogens (tertiary/aromatic N) is 1. The molecule has 2 amide bonds. The van der Waals surface area contributed by atoms with E-state index in [1.54, 1.807) is 7.11 Å². The molecule has 2 N–H and O–H groups in total. The first-order chi connectivity index (χ1) is 12.6. The Morgan fingerprint density at radius 1 is 1.04 bits per heavy atom. The molecule has 0 unspecified atom stereocenters. The molecular formula is C20H25N3O3. The molecular weight excluding hydrogens is 330 g/mol. The SMILES string of the molecule is COc1ccccc1Oc1ccc(NC(=O)NC2CCN(C)CC2)cc1. The summed E-state index contributed by atoms with van der Waals surface area (Å²) < 4.78 is 11.1. The quantitative estimate of drug-likeness (QED) is 0.858. The van der Waals surface area contributed by atoms with E-state index in [-0.39, 0.29) is 12.1 Å². The van der Waals surface area contributed by atoms with Crippen molar-refractivity contribution in [1.29, 1.82) is 0 Å². The average molecular weight is 355 g/mol. The number of urea groups is 1. The molecule has 0 aromatic heterocycles. The number of carbonyl (C=O) groups is 1. The minimum atomic E-state index is -0.169. The normalized spacial score (nSPS) is 15.3. The number of hydrogen-bond acceptors (Lipinski definition) is 4. The van der Waals surface area contributed by atoms with Gasteiger partial charge in [-0.25, -0.2) is 4.79 Å². The Balaban J connectivity index is 1.53. The maximum Gasteiger partial charge on any atom is 0.319 e. The Bertz CT molecular complexity index is 725. The van der Waals surface area contributed by atoms with Crippen molar-refractivity contribution in [2.24, 2.45) is 0 Å². The monoisotopic (exact) mass is 355 g/mol. The van der Waals surface area contributed by atoms with Crippen LogP contribution in [0, 0.1) is 0 Å². The first kappa shape index (κ1) is 18.1. The van der Waals surface area contributed by atoms with Crippen molar-refractivity contribution in [3.63, 3.8) is 0 Å². The van der Waals surface area contributed by atoms with Crippen molar-refractivity contribution in [3.8, 4) is 17.2 Å². The lowest BCUT2D eigenvalue weighted by molar-refractivity contribution is 0.221. The van der Waals surface area contributed by atoms with E-state index in [4.69, 9.17) is 9.47 Å². The molecule has 1 saturated heterocycles. The predicted octanol–water partition coefficient (Wildman–Crippen LogP) is 3.70. The molecule has 0 atom stereocenters. The summed E-state index contributed by atoms with van der Waals surface area (Å²) in [6, 6.07) is 14.8. The molecule has 6 heteroatoms. The van der Waals surface area contributed by atoms with Gasteiger partial charge in [0, 0.05) is 11.7 Å². The van der Waals surface area contributed by atoms with Crippen molar-refractivity contribution in [1.82, 2.24) is 10.2 Å². The molecule has 0 saturated carbocycles. The average Bonchev–Trinajstić information content (AvgIpc) is 2.65. The van der Waals surface area contributed by atoms with E-state index in [9.17, 15) is 4.79 Å². The number of benzene rings is 2. The highest BCUT2D eigenvalue weighted by Crippen LogP contribution is 2.31. The highest BCUT2D eigenvalue weighted by Gasteiger charge is 2.18. The van der Waals surface area contributed by atoms with Gasteiger partial charge in [0.2, 0.25) is 0 Å². The largest absolute Gasteiger partial charge is 0.493 e. The van der Waals surface area contributed by atoms with Crippen LogP contribution >= 0.6 is 0 Å². The fourth-order valence-electron chi connectivity index (χ4n) is 2.94. The second kappa shape index (κ2) is 8.58. The van der Waals surface area contributed by atoms with Gasteiger partial charge in [0.05, 0.1) is 7.11 Å². The molecule has 6 nitrogen and oxygen atoms in total. The predicted molar refractivity (Wildman–Crippen MR) is 102 cm³/mol. The van der Waals surface area contributed by atoms with Gasteiger partial charge >= 0.3 is 6.03 Å². The molecule has 26 heavy (non-hydrogen) atoms. The van der Waals surface area contributed by atoms with Crippen molar-refractivity contribution < 1.29 is 14.3 Å². The zero-order valence-corrected chi connectivity index (χ0v) is 15.2. The topological polar surface area (TPSA) is 62.8 Å². The van der Waals surface area contributed by atoms with Crippen LogP contribution in [0.2, 0.25) is 0 Å². The van der Waals surface area contributed by atoms with Crippen molar-refractivity contribution in [3.05, 3.63) is 48.5 Å². The molecule has 0 bridgehead atoms. The fourth-order valence-corrected chi connectivity index (χ4v) is 2.94. The molecule has 1 heterocycles. The molecule has 1 aliphatic rings. The molecule has 0 spiro atoms. The van der Waals surface area contributed by atoms with E-state index >= 15 is 0 Å². The van der Waals surface area contributed by atoms with E-state index in [1.165, 1.54) is 0 Å². The number of ether oxygens (including phenoxy) is 2. The van der Waals surface area contributed by atoms with Gasteiger partial charge in [0.1, 0.15) is 5.75 Å². The van der Waals surface area contributed by atoms with Crippen LogP contribution in [0.5, 0.6) is 17.2 Å². The zero-order chi connectivity index (χ0) is 18.4. The maximum atomic E-state index is 12.1. The second-order valence-electron chi connectivity index (χ2n) is 6.45. The summed E-state index contributed by atoms with van der Waals surface area (Å²) in [5.41, 5.74) is 0.725. The van der Waals surface area contributed by atoms with Gasteiger partial charge in [-0.3, -0.25) is 0 Å². The lowest BCUT2D eigenvalue weighted by Gasteiger charge is -2.29. The van der Waals surface area contributed by atoms with Gasteiger partial charge in [-0.15, -0.1) is 0 Å². The third-order valence-electron chi connectivity index (χ3n) is 4.46. The van der Waals surface area contributed by atoms with Crippen LogP contribution in [0.1, 0.15) is 12.8 Å². The van der Waals surface area contributed by atoms with Gasteiger partial charge in [-0.1, -0.05) is 12.1 Å². The van der Waals surface area contributed by atoms with E-state index in [2.05, 4.69) is 22.6 Å². The number of rotatable bonds is 5. The van der Waals surface area contributed by atoms with Crippen LogP contribution in [0.25, 0.3) is 0 Å². The van der Waals surface area contributed by atoms with Crippen molar-refractivity contribution in [2.45, 2.75) is 18.9 Å². The smallest absolute Gasteiger partial charge is 0.319 e. The Hall–Kier alpha value is -2.73. The molecule has 1 fully saturated rings. The lowest BCUT2D eigenvalue weighted by atomic mass is 10.1. The van der Waals surface area contributed by atoms with Gasteiger partial charge in [0.15, 0.2) is 11.5 Å². The Kier molecular flexibility index (Phi) is 5.96. The van der Waals surface area contributed by atoms with E-state index in [0.29, 0.717) is 17.2 Å². The number of para-hydroxylation sites is 2. The first-order valence-electron chi connectivity index (χ1n) is 8.81. The Morgan fingerprint density at radius 3 is 2.35 bits per heavy atom. The van der Waals surface area contributed by atoms with Crippen LogP contribution in [0.3, 0.4) is 0 Å². The summed E-state index contributed by atoms with van der Waals surface area (Å²) >= 11 is 0. The molecule has 138 valence electrons. The second-order valence-corrected chi connectivity index (χ2v) is 6.45. The van der Waals surface area contributed by atoms with Gasteiger partial charge in [-0.2, -0.15) is 0 Å². The minimum Gasteiger partial charge on any atom is -0.493 e. The minimum absolute atomic E-state index is 0.169. The number of methoxy groups -OCH3 is 1. The van der Waals surface area contributed by atoms with Crippen LogP contribution in [-0.2, 0) is 0 Å². The number of anilines is 1. The number of hydrogen-bond donors (Lipinski definition) is 2. The number of piperidine rings is 1. The summed E-state index contributed by atoms with van der Waals surface area (Å²) in [4.78, 5) is 14.4. The molecule has 2 aromatic carbocycles. The highest BCUT2D eigenvalue weighted by atomic mass is 16.5. The summed E-state index contributed by atoms with van der Waals surface area (Å²) in [5, 5.41) is 5.90. The summed E-state index contributed by atoms with van der Waals surface area (Å²) in [7, 11) is 3.71. The zero-order valence-electron chi connectivity index (χ0n) is 15.2. The van der Waals surface area contributed by atoms with Crippen molar-refractivity contribution >= 4 is 11.7 Å². The Labute approximate surface area is 154 Å². The maximum absolute atomic E-state index is 12.1. The molecule has 0 radical (unpaired) electrons. The summed E-state index contributed by atoms with van der Waals surface area (Å²) in [6.07, 6.45) is 1.96. The summed E-state index contributed by atoms with van der Waals surface area (Å²) in [6.45, 7) is 2.03. The van der Waals surface area contributed by atoms with Gasteiger partial charge < -0.3 is 25.0 Å². The first-order valence-corrected chi connectivity index (χ1v) is 8.81. The molecule has 0 aliphatic carbocycles. The number of carbonyl (C=O) groups excluding carboxylic acids is 1. The van der Waals surface area contributed by atoms with Gasteiger partial charge in [-0.05, 0) is 69.4 Å². The van der Waals surface area contributed by atoms with E-state index < -0.39 is 0 Å². The van der Waals surface area contributed by atoms with E-state index in [1.807, 2.05) is 48.5 Å².